The average Bonchev–Trinajstić information content (AvgIpc) is 2.75. The average molecular weight is 257 g/mol. The highest BCUT2D eigenvalue weighted by atomic mass is 16.6. The van der Waals surface area contributed by atoms with Gasteiger partial charge in [0.05, 0.1) is 19.3 Å². The molecule has 0 unspecified atom stereocenters. The van der Waals surface area contributed by atoms with Gasteiger partial charge in [-0.1, -0.05) is 0 Å². The van der Waals surface area contributed by atoms with Gasteiger partial charge >= 0.3 is 11.9 Å². The summed E-state index contributed by atoms with van der Waals surface area (Å²) >= 11 is 0. The zero-order valence-electron chi connectivity index (χ0n) is 10.9. The van der Waals surface area contributed by atoms with E-state index in [2.05, 4.69) is 5.32 Å². The lowest BCUT2D eigenvalue weighted by atomic mass is 9.81. The Balaban J connectivity index is 2.96. The van der Waals surface area contributed by atoms with Crippen LogP contribution in [0.2, 0.25) is 0 Å². The summed E-state index contributed by atoms with van der Waals surface area (Å²) < 4.78 is 9.86. The number of esters is 2. The predicted molar refractivity (Wildman–Crippen MR) is 62.5 cm³/mol. The summed E-state index contributed by atoms with van der Waals surface area (Å²) in [5.74, 6) is -1.48. The van der Waals surface area contributed by atoms with E-state index in [0.717, 1.165) is 0 Å². The maximum atomic E-state index is 12.0. The molecule has 0 saturated carbocycles. The maximum Gasteiger partial charge on any atom is 0.325 e. The van der Waals surface area contributed by atoms with Crippen LogP contribution in [-0.2, 0) is 23.9 Å². The molecular weight excluding hydrogens is 238 g/mol. The number of hydrogen-bond donors (Lipinski definition) is 1. The second-order valence-electron chi connectivity index (χ2n) is 4.30. The van der Waals surface area contributed by atoms with Crippen LogP contribution in [0.15, 0.2) is 0 Å². The number of nitrogens with one attached hydrogen (secondary N) is 1. The van der Waals surface area contributed by atoms with E-state index in [9.17, 15) is 14.4 Å². The fraction of sp³-hybridized carbons (Fsp3) is 0.750. The number of carbonyl (C=O) groups is 3. The Bertz CT molecular complexity index is 334. The summed E-state index contributed by atoms with van der Waals surface area (Å²) in [6.07, 6.45) is 0.728. The predicted octanol–water partition coefficient (Wildman–Crippen LogP) is 0.398. The second-order valence-corrected chi connectivity index (χ2v) is 4.30. The lowest BCUT2D eigenvalue weighted by Crippen LogP contribution is -2.52. The molecule has 1 aliphatic rings. The Morgan fingerprint density at radius 2 is 1.78 bits per heavy atom. The monoisotopic (exact) mass is 257 g/mol. The van der Waals surface area contributed by atoms with Gasteiger partial charge in [0.2, 0.25) is 5.91 Å². The zero-order valence-corrected chi connectivity index (χ0v) is 10.9. The summed E-state index contributed by atoms with van der Waals surface area (Å²) in [5.41, 5.74) is -1.47. The number of amides is 1. The van der Waals surface area contributed by atoms with Crippen molar-refractivity contribution < 1.29 is 23.9 Å². The molecule has 0 bridgehead atoms. The van der Waals surface area contributed by atoms with Crippen LogP contribution in [-0.4, -0.2) is 37.1 Å². The van der Waals surface area contributed by atoms with Gasteiger partial charge in [0.15, 0.2) is 5.41 Å². The van der Waals surface area contributed by atoms with E-state index in [1.165, 1.54) is 6.92 Å². The molecule has 18 heavy (non-hydrogen) atoms. The van der Waals surface area contributed by atoms with Crippen molar-refractivity contribution in [3.8, 4) is 0 Å². The first-order chi connectivity index (χ1) is 8.46. The molecule has 6 nitrogen and oxygen atoms in total. The normalized spacial score (nSPS) is 19.3. The Labute approximate surface area is 106 Å². The SMILES string of the molecule is CCOC(=O)C(C)(C(=O)OCC)[C@H]1CCC(=O)N1. The summed E-state index contributed by atoms with van der Waals surface area (Å²) in [5, 5.41) is 2.63. The lowest BCUT2D eigenvalue weighted by molar-refractivity contribution is -0.172. The molecule has 0 aromatic carbocycles. The van der Waals surface area contributed by atoms with Gasteiger partial charge in [-0.3, -0.25) is 14.4 Å². The van der Waals surface area contributed by atoms with Gasteiger partial charge in [-0.05, 0) is 27.2 Å². The zero-order chi connectivity index (χ0) is 13.8. The van der Waals surface area contributed by atoms with E-state index in [1.807, 2.05) is 0 Å². The molecule has 0 aromatic rings. The van der Waals surface area contributed by atoms with E-state index in [1.54, 1.807) is 13.8 Å². The first-order valence-electron chi connectivity index (χ1n) is 6.10. The van der Waals surface area contributed by atoms with Gasteiger partial charge in [-0.25, -0.2) is 0 Å². The minimum Gasteiger partial charge on any atom is -0.465 e. The van der Waals surface area contributed by atoms with Gasteiger partial charge in [-0.15, -0.1) is 0 Å². The minimum absolute atomic E-state index is 0.167. The number of rotatable bonds is 5. The van der Waals surface area contributed by atoms with Gasteiger partial charge in [-0.2, -0.15) is 0 Å². The van der Waals surface area contributed by atoms with Gasteiger partial charge in [0, 0.05) is 6.42 Å². The fourth-order valence-electron chi connectivity index (χ4n) is 1.98. The topological polar surface area (TPSA) is 81.7 Å². The van der Waals surface area contributed by atoms with Crippen LogP contribution in [0, 0.1) is 5.41 Å². The Morgan fingerprint density at radius 3 is 2.11 bits per heavy atom. The Morgan fingerprint density at radius 1 is 1.28 bits per heavy atom. The van der Waals surface area contributed by atoms with Crippen molar-refractivity contribution in [3.63, 3.8) is 0 Å². The lowest BCUT2D eigenvalue weighted by Gasteiger charge is -2.30. The van der Waals surface area contributed by atoms with Crippen molar-refractivity contribution >= 4 is 17.8 Å². The van der Waals surface area contributed by atoms with Crippen LogP contribution in [0.3, 0.4) is 0 Å². The molecule has 1 saturated heterocycles. The molecule has 0 aromatic heterocycles. The smallest absolute Gasteiger partial charge is 0.325 e. The molecule has 1 amide bonds. The second kappa shape index (κ2) is 5.84. The summed E-state index contributed by atoms with van der Waals surface area (Å²) in [4.78, 5) is 35.2. The molecule has 1 fully saturated rings. The summed E-state index contributed by atoms with van der Waals surface area (Å²) in [6.45, 7) is 5.13. The number of ether oxygens (including phenoxy) is 2. The highest BCUT2D eigenvalue weighted by Crippen LogP contribution is 2.31. The van der Waals surface area contributed by atoms with E-state index in [0.29, 0.717) is 12.8 Å². The van der Waals surface area contributed by atoms with Crippen molar-refractivity contribution in [2.45, 2.75) is 39.7 Å². The fourth-order valence-corrected chi connectivity index (χ4v) is 1.98. The van der Waals surface area contributed by atoms with Crippen molar-refractivity contribution in [3.05, 3.63) is 0 Å². The van der Waals surface area contributed by atoms with Crippen molar-refractivity contribution in [2.24, 2.45) is 5.41 Å². The molecule has 1 aliphatic heterocycles. The highest BCUT2D eigenvalue weighted by molar-refractivity contribution is 6.01. The molecule has 0 spiro atoms. The van der Waals surface area contributed by atoms with Crippen molar-refractivity contribution in [2.75, 3.05) is 13.2 Å². The molecule has 102 valence electrons. The van der Waals surface area contributed by atoms with Crippen LogP contribution in [0.25, 0.3) is 0 Å². The standard InChI is InChI=1S/C12H19NO5/c1-4-17-10(15)12(3,11(16)18-5-2)8-6-7-9(14)13-8/h8H,4-7H2,1-3H3,(H,13,14)/t8-/m1/s1. The third-order valence-corrected chi connectivity index (χ3v) is 3.09. The molecule has 6 heteroatoms. The quantitative estimate of drug-likeness (QED) is 0.569. The molecular formula is C12H19NO5. The van der Waals surface area contributed by atoms with Crippen molar-refractivity contribution in [1.82, 2.24) is 5.32 Å². The molecule has 1 atom stereocenters. The third-order valence-electron chi connectivity index (χ3n) is 3.09. The first kappa shape index (κ1) is 14.5. The molecule has 1 rings (SSSR count). The highest BCUT2D eigenvalue weighted by Gasteiger charge is 2.53. The molecule has 1 heterocycles. The number of hydrogen-bond acceptors (Lipinski definition) is 5. The van der Waals surface area contributed by atoms with E-state index in [4.69, 9.17) is 9.47 Å². The third kappa shape index (κ3) is 2.63. The van der Waals surface area contributed by atoms with Crippen LogP contribution in [0.1, 0.15) is 33.6 Å². The molecule has 0 aliphatic carbocycles. The van der Waals surface area contributed by atoms with E-state index in [-0.39, 0.29) is 19.1 Å². The van der Waals surface area contributed by atoms with Gasteiger partial charge < -0.3 is 14.8 Å². The van der Waals surface area contributed by atoms with Gasteiger partial charge in [0.25, 0.3) is 0 Å². The minimum atomic E-state index is -1.47. The van der Waals surface area contributed by atoms with Crippen LogP contribution >= 0.6 is 0 Å². The van der Waals surface area contributed by atoms with E-state index < -0.39 is 23.4 Å². The first-order valence-corrected chi connectivity index (χ1v) is 6.10. The Kier molecular flexibility index (Phi) is 4.69. The van der Waals surface area contributed by atoms with Crippen molar-refractivity contribution in [1.29, 1.82) is 0 Å². The van der Waals surface area contributed by atoms with Gasteiger partial charge in [0.1, 0.15) is 0 Å². The van der Waals surface area contributed by atoms with Crippen LogP contribution in [0.5, 0.6) is 0 Å². The summed E-state index contributed by atoms with van der Waals surface area (Å²) in [6, 6.07) is -0.567. The maximum absolute atomic E-state index is 12.0. The molecule has 0 radical (unpaired) electrons. The van der Waals surface area contributed by atoms with E-state index >= 15 is 0 Å². The van der Waals surface area contributed by atoms with Crippen LogP contribution in [0.4, 0.5) is 0 Å². The number of carbonyl (C=O) groups excluding carboxylic acids is 3. The Hall–Kier alpha value is -1.59. The van der Waals surface area contributed by atoms with Crippen LogP contribution < -0.4 is 5.32 Å². The molecule has 1 N–H and O–H groups in total. The largest absolute Gasteiger partial charge is 0.465 e. The summed E-state index contributed by atoms with van der Waals surface area (Å²) in [7, 11) is 0.